The largest absolute Gasteiger partial charge is 0.461 e. The van der Waals surface area contributed by atoms with Crippen LogP contribution in [-0.4, -0.2) is 5.91 Å². The van der Waals surface area contributed by atoms with E-state index in [0.717, 1.165) is 29.2 Å². The number of hydrogen-bond donors (Lipinski definition) is 1. The lowest BCUT2D eigenvalue weighted by Crippen LogP contribution is -2.12. The van der Waals surface area contributed by atoms with Gasteiger partial charge in [-0.25, -0.2) is 0 Å². The molecule has 3 rings (SSSR count). The smallest absolute Gasteiger partial charge is 0.224 e. The molecule has 0 saturated heterocycles. The normalized spacial score (nSPS) is 10.6. The van der Waals surface area contributed by atoms with E-state index in [9.17, 15) is 4.79 Å². The lowest BCUT2D eigenvalue weighted by Gasteiger charge is -2.05. The van der Waals surface area contributed by atoms with Gasteiger partial charge in [-0.2, -0.15) is 0 Å². The molecular formula is C22H23NO2. The molecule has 0 unspecified atom stereocenters. The fourth-order valence-electron chi connectivity index (χ4n) is 2.67. The average molecular weight is 333 g/mol. The number of benzene rings is 2. The predicted molar refractivity (Wildman–Crippen MR) is 102 cm³/mol. The first-order chi connectivity index (χ1) is 12.1. The minimum absolute atomic E-state index is 0.00228. The Kier molecular flexibility index (Phi) is 5.34. The zero-order valence-corrected chi connectivity index (χ0v) is 14.7. The van der Waals surface area contributed by atoms with Gasteiger partial charge in [0.2, 0.25) is 5.91 Å². The third-order valence-electron chi connectivity index (χ3n) is 4.24. The zero-order chi connectivity index (χ0) is 17.6. The van der Waals surface area contributed by atoms with Crippen LogP contribution < -0.4 is 5.32 Å². The number of amides is 1. The average Bonchev–Trinajstić information content (AvgIpc) is 3.10. The molecule has 0 atom stereocenters. The highest BCUT2D eigenvalue weighted by Gasteiger charge is 2.08. The summed E-state index contributed by atoms with van der Waals surface area (Å²) in [6, 6.07) is 20.1. The summed E-state index contributed by atoms with van der Waals surface area (Å²) < 4.78 is 5.86. The second kappa shape index (κ2) is 7.84. The van der Waals surface area contributed by atoms with Crippen molar-refractivity contribution in [3.8, 4) is 11.3 Å². The lowest BCUT2D eigenvalue weighted by atomic mass is 10.1. The molecule has 1 amide bonds. The summed E-state index contributed by atoms with van der Waals surface area (Å²) in [4.78, 5) is 12.1. The van der Waals surface area contributed by atoms with E-state index in [1.807, 2.05) is 48.5 Å². The molecular weight excluding hydrogens is 310 g/mol. The summed E-state index contributed by atoms with van der Waals surface area (Å²) in [7, 11) is 0. The molecule has 0 fully saturated rings. The van der Waals surface area contributed by atoms with Crippen LogP contribution in [0.4, 0.5) is 5.69 Å². The highest BCUT2D eigenvalue weighted by Crippen LogP contribution is 2.23. The molecule has 25 heavy (non-hydrogen) atoms. The number of anilines is 1. The van der Waals surface area contributed by atoms with Crippen LogP contribution in [-0.2, 0) is 17.6 Å². The van der Waals surface area contributed by atoms with Crippen molar-refractivity contribution >= 4 is 11.6 Å². The molecule has 0 bridgehead atoms. The Balaban J connectivity index is 1.54. The van der Waals surface area contributed by atoms with Crippen LogP contribution in [0.5, 0.6) is 0 Å². The van der Waals surface area contributed by atoms with E-state index in [1.165, 1.54) is 11.1 Å². The molecule has 3 aromatic rings. The fourth-order valence-corrected chi connectivity index (χ4v) is 2.67. The summed E-state index contributed by atoms with van der Waals surface area (Å²) in [5.74, 6) is 1.66. The highest BCUT2D eigenvalue weighted by atomic mass is 16.3. The maximum atomic E-state index is 12.1. The van der Waals surface area contributed by atoms with Crippen LogP contribution in [0.2, 0.25) is 0 Å². The number of hydrogen-bond acceptors (Lipinski definition) is 2. The zero-order valence-electron chi connectivity index (χ0n) is 14.7. The van der Waals surface area contributed by atoms with E-state index in [2.05, 4.69) is 31.3 Å². The summed E-state index contributed by atoms with van der Waals surface area (Å²) in [6.07, 6.45) is 1.98. The molecule has 3 heteroatoms. The molecule has 1 N–H and O–H groups in total. The van der Waals surface area contributed by atoms with Crippen LogP contribution in [0.25, 0.3) is 11.3 Å². The standard InChI is InChI=1S/C22H23NO2/c1-3-17-6-10-19(11-7-17)23-22(24)15-13-20-12-14-21(25-20)18-8-4-16(2)5-9-18/h4-12,14H,3,13,15H2,1-2H3,(H,23,24). The van der Waals surface area contributed by atoms with Crippen molar-refractivity contribution in [2.45, 2.75) is 33.1 Å². The number of rotatable bonds is 6. The molecule has 1 heterocycles. The summed E-state index contributed by atoms with van der Waals surface area (Å²) in [6.45, 7) is 4.17. The summed E-state index contributed by atoms with van der Waals surface area (Å²) in [5.41, 5.74) is 4.37. The summed E-state index contributed by atoms with van der Waals surface area (Å²) in [5, 5.41) is 2.93. The second-order valence-electron chi connectivity index (χ2n) is 6.23. The Morgan fingerprint density at radius 3 is 2.36 bits per heavy atom. The van der Waals surface area contributed by atoms with Crippen LogP contribution in [0.1, 0.15) is 30.2 Å². The van der Waals surface area contributed by atoms with Crippen molar-refractivity contribution in [2.24, 2.45) is 0 Å². The van der Waals surface area contributed by atoms with Gasteiger partial charge in [0.05, 0.1) is 0 Å². The third kappa shape index (κ3) is 4.60. The van der Waals surface area contributed by atoms with Crippen molar-refractivity contribution < 1.29 is 9.21 Å². The van der Waals surface area contributed by atoms with Crippen molar-refractivity contribution in [3.63, 3.8) is 0 Å². The minimum atomic E-state index is -0.00228. The quantitative estimate of drug-likeness (QED) is 0.657. The lowest BCUT2D eigenvalue weighted by molar-refractivity contribution is -0.116. The Labute approximate surface area is 148 Å². The van der Waals surface area contributed by atoms with Gasteiger partial charge in [-0.05, 0) is 43.2 Å². The SMILES string of the molecule is CCc1ccc(NC(=O)CCc2ccc(-c3ccc(C)cc3)o2)cc1. The monoisotopic (exact) mass is 333 g/mol. The fraction of sp³-hybridized carbons (Fsp3) is 0.227. The molecule has 0 aliphatic heterocycles. The maximum absolute atomic E-state index is 12.1. The van der Waals surface area contributed by atoms with E-state index in [0.29, 0.717) is 12.8 Å². The highest BCUT2D eigenvalue weighted by molar-refractivity contribution is 5.90. The van der Waals surface area contributed by atoms with Gasteiger partial charge in [0.25, 0.3) is 0 Å². The van der Waals surface area contributed by atoms with Crippen LogP contribution in [0, 0.1) is 6.92 Å². The van der Waals surface area contributed by atoms with Gasteiger partial charge in [-0.15, -0.1) is 0 Å². The molecule has 0 aliphatic rings. The predicted octanol–water partition coefficient (Wildman–Crippen LogP) is 5.39. The van der Waals surface area contributed by atoms with E-state index < -0.39 is 0 Å². The Morgan fingerprint density at radius 1 is 0.960 bits per heavy atom. The van der Waals surface area contributed by atoms with Crippen molar-refractivity contribution in [2.75, 3.05) is 5.32 Å². The topological polar surface area (TPSA) is 42.2 Å². The molecule has 0 aliphatic carbocycles. The molecule has 1 aromatic heterocycles. The summed E-state index contributed by atoms with van der Waals surface area (Å²) >= 11 is 0. The maximum Gasteiger partial charge on any atom is 0.224 e. The van der Waals surface area contributed by atoms with Gasteiger partial charge in [0.15, 0.2) is 0 Å². The van der Waals surface area contributed by atoms with Crippen LogP contribution in [0.3, 0.4) is 0 Å². The van der Waals surface area contributed by atoms with Gasteiger partial charge in [-0.3, -0.25) is 4.79 Å². The first-order valence-corrected chi connectivity index (χ1v) is 8.68. The van der Waals surface area contributed by atoms with Crippen LogP contribution >= 0.6 is 0 Å². The molecule has 0 spiro atoms. The van der Waals surface area contributed by atoms with Crippen molar-refractivity contribution in [1.82, 2.24) is 0 Å². The van der Waals surface area contributed by atoms with Crippen LogP contribution in [0.15, 0.2) is 65.1 Å². The van der Waals surface area contributed by atoms with E-state index in [1.54, 1.807) is 0 Å². The molecule has 3 nitrogen and oxygen atoms in total. The molecule has 0 saturated carbocycles. The third-order valence-corrected chi connectivity index (χ3v) is 4.24. The number of furan rings is 1. The molecule has 0 radical (unpaired) electrons. The number of nitrogens with one attached hydrogen (secondary N) is 1. The Bertz CT molecular complexity index is 829. The van der Waals surface area contributed by atoms with E-state index >= 15 is 0 Å². The van der Waals surface area contributed by atoms with Gasteiger partial charge >= 0.3 is 0 Å². The van der Waals surface area contributed by atoms with Gasteiger partial charge in [-0.1, -0.05) is 48.9 Å². The number of aryl methyl sites for hydroxylation is 3. The minimum Gasteiger partial charge on any atom is -0.461 e. The second-order valence-corrected chi connectivity index (χ2v) is 6.23. The first kappa shape index (κ1) is 17.0. The van der Waals surface area contributed by atoms with Crippen molar-refractivity contribution in [3.05, 3.63) is 77.6 Å². The van der Waals surface area contributed by atoms with Gasteiger partial charge < -0.3 is 9.73 Å². The number of carbonyl (C=O) groups is 1. The van der Waals surface area contributed by atoms with Gasteiger partial charge in [0, 0.05) is 24.1 Å². The van der Waals surface area contributed by atoms with Crippen molar-refractivity contribution in [1.29, 1.82) is 0 Å². The Hall–Kier alpha value is -2.81. The van der Waals surface area contributed by atoms with Gasteiger partial charge in [0.1, 0.15) is 11.5 Å². The number of carbonyl (C=O) groups excluding carboxylic acids is 1. The molecule has 128 valence electrons. The van der Waals surface area contributed by atoms with E-state index in [-0.39, 0.29) is 5.91 Å². The Morgan fingerprint density at radius 2 is 1.68 bits per heavy atom. The molecule has 2 aromatic carbocycles. The van der Waals surface area contributed by atoms with E-state index in [4.69, 9.17) is 4.42 Å². The first-order valence-electron chi connectivity index (χ1n) is 8.68.